The van der Waals surface area contributed by atoms with E-state index in [1.165, 1.54) is 0 Å². The highest BCUT2D eigenvalue weighted by atomic mass is 16.2. The van der Waals surface area contributed by atoms with Gasteiger partial charge in [0.25, 0.3) is 5.91 Å². The number of carbonyl (C=O) groups excluding carboxylic acids is 1. The maximum atomic E-state index is 12.6. The van der Waals surface area contributed by atoms with Crippen molar-refractivity contribution < 1.29 is 4.79 Å². The van der Waals surface area contributed by atoms with Crippen LogP contribution in [0.4, 0.5) is 0 Å². The number of aryl methyl sites for hydroxylation is 1. The summed E-state index contributed by atoms with van der Waals surface area (Å²) in [6.45, 7) is 0.772. The van der Waals surface area contributed by atoms with E-state index in [0.717, 1.165) is 30.6 Å². The molecule has 1 unspecified atom stereocenters. The van der Waals surface area contributed by atoms with Gasteiger partial charge in [-0.05, 0) is 25.0 Å². The van der Waals surface area contributed by atoms with Crippen LogP contribution in [0.5, 0.6) is 0 Å². The van der Waals surface area contributed by atoms with Gasteiger partial charge in [0.15, 0.2) is 0 Å². The number of aromatic nitrogens is 1. The molecule has 0 radical (unpaired) electrons. The van der Waals surface area contributed by atoms with E-state index >= 15 is 0 Å². The van der Waals surface area contributed by atoms with Crippen molar-refractivity contribution in [1.29, 1.82) is 0 Å². The fourth-order valence-electron chi connectivity index (χ4n) is 3.54. The van der Waals surface area contributed by atoms with Crippen LogP contribution in [0.25, 0.3) is 10.9 Å². The Balaban J connectivity index is 2.18. The van der Waals surface area contributed by atoms with E-state index < -0.39 is 0 Å². The number of benzene rings is 1. The molecule has 2 aliphatic rings. The van der Waals surface area contributed by atoms with Crippen molar-refractivity contribution in [3.05, 3.63) is 45.7 Å². The monoisotopic (exact) mass is 254 g/mol. The molecule has 3 heterocycles. The highest BCUT2D eigenvalue weighted by molar-refractivity contribution is 6.02. The van der Waals surface area contributed by atoms with Gasteiger partial charge in [-0.1, -0.05) is 12.1 Å². The molecule has 0 bridgehead atoms. The first-order valence-electron chi connectivity index (χ1n) is 6.62. The van der Waals surface area contributed by atoms with Crippen molar-refractivity contribution in [1.82, 2.24) is 9.47 Å². The van der Waals surface area contributed by atoms with Crippen molar-refractivity contribution in [3.63, 3.8) is 0 Å². The molecule has 0 N–H and O–H groups in total. The Morgan fingerprint density at radius 1 is 1.21 bits per heavy atom. The maximum Gasteiger partial charge on any atom is 0.260 e. The second kappa shape index (κ2) is 3.47. The SMILES string of the molecule is Cn1c2c(c(=O)c3ccccc31)C(=O)N1CCCC21. The van der Waals surface area contributed by atoms with Crippen molar-refractivity contribution in [2.45, 2.75) is 18.9 Å². The van der Waals surface area contributed by atoms with Gasteiger partial charge in [-0.2, -0.15) is 0 Å². The third-order valence-corrected chi connectivity index (χ3v) is 4.40. The standard InChI is InChI=1S/C15H14N2O2/c1-16-10-6-3-2-5-9(10)14(18)12-13(16)11-7-4-8-17(11)15(12)19/h2-3,5-6,11H,4,7-8H2,1H3. The molecular formula is C15H14N2O2. The van der Waals surface area contributed by atoms with Crippen LogP contribution in [0.1, 0.15) is 34.9 Å². The Hall–Kier alpha value is -2.10. The van der Waals surface area contributed by atoms with E-state index in [0.29, 0.717) is 10.9 Å². The average Bonchev–Trinajstić information content (AvgIpc) is 2.99. The number of pyridine rings is 1. The molecule has 1 aromatic carbocycles. The van der Waals surface area contributed by atoms with E-state index in [9.17, 15) is 9.59 Å². The van der Waals surface area contributed by atoms with E-state index in [-0.39, 0.29) is 17.4 Å². The topological polar surface area (TPSA) is 42.3 Å². The van der Waals surface area contributed by atoms with Gasteiger partial charge in [-0.3, -0.25) is 9.59 Å². The van der Waals surface area contributed by atoms with Gasteiger partial charge in [0.05, 0.1) is 17.3 Å². The minimum atomic E-state index is -0.108. The molecule has 0 spiro atoms. The van der Waals surface area contributed by atoms with Gasteiger partial charge >= 0.3 is 0 Å². The molecule has 0 saturated carbocycles. The van der Waals surface area contributed by atoms with Crippen LogP contribution in [0.2, 0.25) is 0 Å². The van der Waals surface area contributed by atoms with Crippen LogP contribution in [0, 0.1) is 0 Å². The smallest absolute Gasteiger partial charge is 0.260 e. The fourth-order valence-corrected chi connectivity index (χ4v) is 3.54. The molecule has 1 atom stereocenters. The summed E-state index contributed by atoms with van der Waals surface area (Å²) in [6, 6.07) is 7.62. The van der Waals surface area contributed by atoms with Crippen LogP contribution < -0.4 is 5.43 Å². The van der Waals surface area contributed by atoms with E-state index in [1.807, 2.05) is 34.7 Å². The maximum absolute atomic E-state index is 12.6. The summed E-state index contributed by atoms with van der Waals surface area (Å²) in [6.07, 6.45) is 1.99. The second-order valence-corrected chi connectivity index (χ2v) is 5.32. The lowest BCUT2D eigenvalue weighted by Crippen LogP contribution is -2.25. The number of rotatable bonds is 0. The van der Waals surface area contributed by atoms with Crippen LogP contribution in [0.3, 0.4) is 0 Å². The molecule has 96 valence electrons. The van der Waals surface area contributed by atoms with Gasteiger partial charge in [-0.25, -0.2) is 0 Å². The molecule has 4 rings (SSSR count). The lowest BCUT2D eigenvalue weighted by molar-refractivity contribution is 0.0774. The molecule has 2 aromatic rings. The van der Waals surface area contributed by atoms with Crippen molar-refractivity contribution in [3.8, 4) is 0 Å². The highest BCUT2D eigenvalue weighted by Crippen LogP contribution is 2.40. The molecule has 2 aliphatic heterocycles. The Morgan fingerprint density at radius 3 is 2.84 bits per heavy atom. The molecular weight excluding hydrogens is 240 g/mol. The number of hydrogen-bond donors (Lipinski definition) is 0. The predicted octanol–water partition coefficient (Wildman–Crippen LogP) is 1.83. The number of carbonyl (C=O) groups is 1. The summed E-state index contributed by atoms with van der Waals surface area (Å²) < 4.78 is 2.03. The first kappa shape index (κ1) is 10.8. The zero-order valence-corrected chi connectivity index (χ0v) is 10.7. The van der Waals surface area contributed by atoms with Gasteiger partial charge < -0.3 is 9.47 Å². The molecule has 4 heteroatoms. The molecule has 1 saturated heterocycles. The van der Waals surface area contributed by atoms with Crippen molar-refractivity contribution >= 4 is 16.8 Å². The second-order valence-electron chi connectivity index (χ2n) is 5.32. The van der Waals surface area contributed by atoms with Gasteiger partial charge in [0, 0.05) is 19.0 Å². The van der Waals surface area contributed by atoms with Crippen molar-refractivity contribution in [2.24, 2.45) is 7.05 Å². The minimum Gasteiger partial charge on any atom is -0.345 e. The number of fused-ring (bicyclic) bond motifs is 4. The van der Waals surface area contributed by atoms with Gasteiger partial charge in [0.1, 0.15) is 5.56 Å². The average molecular weight is 254 g/mol. The summed E-state index contributed by atoms with van der Waals surface area (Å²) >= 11 is 0. The number of nitrogens with zero attached hydrogens (tertiary/aromatic N) is 2. The number of para-hydroxylation sites is 1. The van der Waals surface area contributed by atoms with Gasteiger partial charge in [-0.15, -0.1) is 0 Å². The Morgan fingerprint density at radius 2 is 2.00 bits per heavy atom. The summed E-state index contributed by atoms with van der Waals surface area (Å²) in [7, 11) is 1.95. The molecule has 19 heavy (non-hydrogen) atoms. The lowest BCUT2D eigenvalue weighted by atomic mass is 10.0. The zero-order chi connectivity index (χ0) is 13.1. The molecule has 4 nitrogen and oxygen atoms in total. The third-order valence-electron chi connectivity index (χ3n) is 4.40. The zero-order valence-electron chi connectivity index (χ0n) is 10.7. The first-order valence-corrected chi connectivity index (χ1v) is 6.62. The van der Waals surface area contributed by atoms with Crippen LogP contribution >= 0.6 is 0 Å². The summed E-state index contributed by atoms with van der Waals surface area (Å²) in [5.41, 5.74) is 2.10. The normalized spacial score (nSPS) is 21.0. The largest absolute Gasteiger partial charge is 0.345 e. The fraction of sp³-hybridized carbons (Fsp3) is 0.333. The van der Waals surface area contributed by atoms with Crippen molar-refractivity contribution in [2.75, 3.05) is 6.54 Å². The lowest BCUT2D eigenvalue weighted by Gasteiger charge is -2.17. The third kappa shape index (κ3) is 1.19. The molecule has 1 aromatic heterocycles. The molecule has 1 fully saturated rings. The minimum absolute atomic E-state index is 0.0798. The summed E-state index contributed by atoms with van der Waals surface area (Å²) in [5, 5.41) is 0.637. The first-order chi connectivity index (χ1) is 9.20. The molecule has 0 aliphatic carbocycles. The van der Waals surface area contributed by atoms with Crippen LogP contribution in [-0.4, -0.2) is 21.9 Å². The Labute approximate surface area is 110 Å². The van der Waals surface area contributed by atoms with E-state index in [1.54, 1.807) is 6.07 Å². The molecule has 1 amide bonds. The number of hydrogen-bond acceptors (Lipinski definition) is 2. The predicted molar refractivity (Wildman–Crippen MR) is 72.2 cm³/mol. The van der Waals surface area contributed by atoms with E-state index in [2.05, 4.69) is 0 Å². The Kier molecular flexibility index (Phi) is 1.97. The van der Waals surface area contributed by atoms with Crippen LogP contribution in [-0.2, 0) is 7.05 Å². The Bertz CT molecular complexity index is 776. The quantitative estimate of drug-likeness (QED) is 0.719. The number of amides is 1. The summed E-state index contributed by atoms with van der Waals surface area (Å²) in [4.78, 5) is 26.8. The van der Waals surface area contributed by atoms with Gasteiger partial charge in [0.2, 0.25) is 5.43 Å². The summed E-state index contributed by atoms with van der Waals surface area (Å²) in [5.74, 6) is -0.0798. The van der Waals surface area contributed by atoms with Crippen LogP contribution in [0.15, 0.2) is 29.1 Å². The highest BCUT2D eigenvalue weighted by Gasteiger charge is 2.43. The van der Waals surface area contributed by atoms with E-state index in [4.69, 9.17) is 0 Å².